The molecule has 2 atom stereocenters. The summed E-state index contributed by atoms with van der Waals surface area (Å²) in [4.78, 5) is 11.9. The van der Waals surface area contributed by atoms with Crippen LogP contribution in [0.1, 0.15) is 18.9 Å². The first-order chi connectivity index (χ1) is 9.06. The highest BCUT2D eigenvalue weighted by Crippen LogP contribution is 2.15. The first-order valence-corrected chi connectivity index (χ1v) is 6.52. The maximum atomic E-state index is 13.0. The molecule has 5 heteroatoms. The largest absolute Gasteiger partial charge is 0.355 e. The number of nitrogens with one attached hydrogen (secondary N) is 2. The molecule has 2 rings (SSSR count). The number of benzene rings is 1. The molecule has 0 radical (unpaired) electrons. The summed E-state index contributed by atoms with van der Waals surface area (Å²) in [5.74, 6) is -1.18. The molecular formula is C14H18F2N2O. The lowest BCUT2D eigenvalue weighted by molar-refractivity contribution is -0.125. The van der Waals surface area contributed by atoms with E-state index >= 15 is 0 Å². The monoisotopic (exact) mass is 268 g/mol. The third-order valence-electron chi connectivity index (χ3n) is 3.50. The van der Waals surface area contributed by atoms with E-state index < -0.39 is 11.6 Å². The van der Waals surface area contributed by atoms with Gasteiger partial charge in [-0.1, -0.05) is 0 Å². The van der Waals surface area contributed by atoms with Gasteiger partial charge in [0.15, 0.2) is 0 Å². The van der Waals surface area contributed by atoms with Crippen molar-refractivity contribution >= 4 is 5.91 Å². The number of rotatable bonds is 4. The van der Waals surface area contributed by atoms with Gasteiger partial charge in [0.25, 0.3) is 0 Å². The average molecular weight is 268 g/mol. The minimum absolute atomic E-state index is 0.00868. The van der Waals surface area contributed by atoms with Crippen molar-refractivity contribution in [1.29, 1.82) is 0 Å². The minimum Gasteiger partial charge on any atom is -0.355 e. The summed E-state index contributed by atoms with van der Waals surface area (Å²) in [5.41, 5.74) is 0.551. The summed E-state index contributed by atoms with van der Waals surface area (Å²) in [7, 11) is 0. The zero-order chi connectivity index (χ0) is 13.8. The second-order valence-electron chi connectivity index (χ2n) is 4.96. The van der Waals surface area contributed by atoms with Gasteiger partial charge in [-0.25, -0.2) is 8.78 Å². The Morgan fingerprint density at radius 1 is 1.37 bits per heavy atom. The summed E-state index contributed by atoms with van der Waals surface area (Å²) in [6.07, 6.45) is 1.26. The standard InChI is InChI=1S/C14H18F2N2O/c1-9-13(3-5-17-9)14(19)18-4-2-10-6-11(15)8-12(16)7-10/h6-9,13,17H,2-5H2,1H3,(H,18,19). The molecule has 1 aliphatic heterocycles. The van der Waals surface area contributed by atoms with Crippen LogP contribution in [0.3, 0.4) is 0 Å². The van der Waals surface area contributed by atoms with Crippen molar-refractivity contribution in [3.8, 4) is 0 Å². The molecule has 1 aromatic rings. The molecule has 0 aliphatic carbocycles. The number of halogens is 2. The second-order valence-corrected chi connectivity index (χ2v) is 4.96. The van der Waals surface area contributed by atoms with Crippen LogP contribution in [0.2, 0.25) is 0 Å². The van der Waals surface area contributed by atoms with Crippen LogP contribution in [0.15, 0.2) is 18.2 Å². The minimum atomic E-state index is -0.588. The van der Waals surface area contributed by atoms with Gasteiger partial charge in [-0.3, -0.25) is 4.79 Å². The molecule has 0 spiro atoms. The number of hydrogen-bond donors (Lipinski definition) is 2. The molecule has 2 unspecified atom stereocenters. The van der Waals surface area contributed by atoms with Crippen molar-refractivity contribution in [2.24, 2.45) is 5.92 Å². The Balaban J connectivity index is 1.81. The van der Waals surface area contributed by atoms with Crippen LogP contribution in [-0.2, 0) is 11.2 Å². The van der Waals surface area contributed by atoms with Crippen molar-refractivity contribution in [2.75, 3.05) is 13.1 Å². The third kappa shape index (κ3) is 3.73. The van der Waals surface area contributed by atoms with E-state index in [-0.39, 0.29) is 17.9 Å². The topological polar surface area (TPSA) is 41.1 Å². The average Bonchev–Trinajstić information content (AvgIpc) is 2.74. The summed E-state index contributed by atoms with van der Waals surface area (Å²) in [5, 5.41) is 6.03. The highest BCUT2D eigenvalue weighted by Gasteiger charge is 2.28. The molecule has 1 fully saturated rings. The van der Waals surface area contributed by atoms with Gasteiger partial charge in [0, 0.05) is 18.7 Å². The van der Waals surface area contributed by atoms with Crippen LogP contribution in [0.25, 0.3) is 0 Å². The van der Waals surface area contributed by atoms with Crippen LogP contribution in [-0.4, -0.2) is 25.0 Å². The fourth-order valence-corrected chi connectivity index (χ4v) is 2.43. The van der Waals surface area contributed by atoms with Crippen molar-refractivity contribution < 1.29 is 13.6 Å². The predicted octanol–water partition coefficient (Wildman–Crippen LogP) is 1.62. The van der Waals surface area contributed by atoms with E-state index in [1.165, 1.54) is 12.1 Å². The highest BCUT2D eigenvalue weighted by atomic mass is 19.1. The molecule has 1 aromatic carbocycles. The van der Waals surface area contributed by atoms with Crippen LogP contribution < -0.4 is 10.6 Å². The first kappa shape index (κ1) is 13.9. The van der Waals surface area contributed by atoms with E-state index in [1.54, 1.807) is 0 Å². The Morgan fingerprint density at radius 3 is 2.63 bits per heavy atom. The molecule has 1 amide bonds. The fraction of sp³-hybridized carbons (Fsp3) is 0.500. The third-order valence-corrected chi connectivity index (χ3v) is 3.50. The molecule has 2 N–H and O–H groups in total. The van der Waals surface area contributed by atoms with E-state index in [4.69, 9.17) is 0 Å². The van der Waals surface area contributed by atoms with Crippen molar-refractivity contribution in [1.82, 2.24) is 10.6 Å². The number of carbonyl (C=O) groups is 1. The van der Waals surface area contributed by atoms with Gasteiger partial charge in [0.05, 0.1) is 5.92 Å². The van der Waals surface area contributed by atoms with Crippen molar-refractivity contribution in [3.63, 3.8) is 0 Å². The SMILES string of the molecule is CC1NCCC1C(=O)NCCc1cc(F)cc(F)c1. The zero-order valence-corrected chi connectivity index (χ0v) is 10.9. The molecule has 104 valence electrons. The Kier molecular flexibility index (Phi) is 4.47. The molecular weight excluding hydrogens is 250 g/mol. The van der Waals surface area contributed by atoms with Gasteiger partial charge in [-0.2, -0.15) is 0 Å². The number of hydrogen-bond acceptors (Lipinski definition) is 2. The van der Waals surface area contributed by atoms with Crippen LogP contribution in [0.4, 0.5) is 8.78 Å². The highest BCUT2D eigenvalue weighted by molar-refractivity contribution is 5.79. The Bertz CT molecular complexity index is 445. The van der Waals surface area contributed by atoms with Crippen LogP contribution >= 0.6 is 0 Å². The van der Waals surface area contributed by atoms with E-state index in [0.717, 1.165) is 19.0 Å². The Labute approximate surface area is 111 Å². The van der Waals surface area contributed by atoms with E-state index in [1.807, 2.05) is 6.92 Å². The van der Waals surface area contributed by atoms with Gasteiger partial charge in [0.2, 0.25) is 5.91 Å². The summed E-state index contributed by atoms with van der Waals surface area (Å²) >= 11 is 0. The molecule has 1 heterocycles. The van der Waals surface area contributed by atoms with E-state index in [2.05, 4.69) is 10.6 Å². The van der Waals surface area contributed by atoms with Crippen LogP contribution in [0, 0.1) is 17.6 Å². The maximum absolute atomic E-state index is 13.0. The molecule has 1 saturated heterocycles. The Morgan fingerprint density at radius 2 is 2.05 bits per heavy atom. The lowest BCUT2D eigenvalue weighted by Crippen LogP contribution is -2.37. The molecule has 0 bridgehead atoms. The second kappa shape index (κ2) is 6.10. The predicted molar refractivity (Wildman–Crippen MR) is 68.6 cm³/mol. The van der Waals surface area contributed by atoms with E-state index in [9.17, 15) is 13.6 Å². The first-order valence-electron chi connectivity index (χ1n) is 6.52. The molecule has 19 heavy (non-hydrogen) atoms. The smallest absolute Gasteiger partial charge is 0.224 e. The quantitative estimate of drug-likeness (QED) is 0.871. The van der Waals surface area contributed by atoms with Gasteiger partial charge in [-0.15, -0.1) is 0 Å². The van der Waals surface area contributed by atoms with Gasteiger partial charge in [0.1, 0.15) is 11.6 Å². The van der Waals surface area contributed by atoms with Crippen molar-refractivity contribution in [2.45, 2.75) is 25.8 Å². The summed E-state index contributed by atoms with van der Waals surface area (Å²) < 4.78 is 26.0. The number of amides is 1. The number of carbonyl (C=O) groups excluding carboxylic acids is 1. The lowest BCUT2D eigenvalue weighted by Gasteiger charge is -2.14. The van der Waals surface area contributed by atoms with Crippen molar-refractivity contribution in [3.05, 3.63) is 35.4 Å². The molecule has 0 saturated carbocycles. The Hall–Kier alpha value is -1.49. The fourth-order valence-electron chi connectivity index (χ4n) is 2.43. The zero-order valence-electron chi connectivity index (χ0n) is 10.9. The normalized spacial score (nSPS) is 22.5. The summed E-state index contributed by atoms with van der Waals surface area (Å²) in [6.45, 7) is 3.23. The molecule has 0 aromatic heterocycles. The molecule has 1 aliphatic rings. The van der Waals surface area contributed by atoms with Gasteiger partial charge >= 0.3 is 0 Å². The maximum Gasteiger partial charge on any atom is 0.224 e. The van der Waals surface area contributed by atoms with Gasteiger partial charge < -0.3 is 10.6 Å². The van der Waals surface area contributed by atoms with E-state index in [0.29, 0.717) is 18.5 Å². The molecule has 3 nitrogen and oxygen atoms in total. The lowest BCUT2D eigenvalue weighted by atomic mass is 10.0. The van der Waals surface area contributed by atoms with Crippen LogP contribution in [0.5, 0.6) is 0 Å². The van der Waals surface area contributed by atoms with Gasteiger partial charge in [-0.05, 0) is 44.0 Å². The summed E-state index contributed by atoms with van der Waals surface area (Å²) in [6, 6.07) is 3.60.